The van der Waals surface area contributed by atoms with Gasteiger partial charge in [-0.2, -0.15) is 0 Å². The van der Waals surface area contributed by atoms with Crippen LogP contribution in [-0.4, -0.2) is 24.1 Å². The lowest BCUT2D eigenvalue weighted by atomic mass is 10.1. The molecule has 0 radical (unpaired) electrons. The highest BCUT2D eigenvalue weighted by molar-refractivity contribution is 5.94. The number of ether oxygens (including phenoxy) is 2. The number of nitrogens with zero attached hydrogens (tertiary/aromatic N) is 1. The molecule has 1 amide bonds. The van der Waals surface area contributed by atoms with Crippen LogP contribution in [0, 0.1) is 6.92 Å². The van der Waals surface area contributed by atoms with Gasteiger partial charge in [0.15, 0.2) is 11.5 Å². The average Bonchev–Trinajstić information content (AvgIpc) is 2.53. The molecule has 5 heteroatoms. The van der Waals surface area contributed by atoms with Gasteiger partial charge in [-0.1, -0.05) is 0 Å². The van der Waals surface area contributed by atoms with E-state index in [1.54, 1.807) is 30.6 Å². The molecule has 0 aliphatic carbocycles. The van der Waals surface area contributed by atoms with E-state index in [1.807, 2.05) is 13.0 Å². The molecule has 0 fully saturated rings. The topological polar surface area (TPSA) is 60.5 Å². The summed E-state index contributed by atoms with van der Waals surface area (Å²) in [6.45, 7) is 3.49. The molecule has 3 rings (SSSR count). The Morgan fingerprint density at radius 2 is 2.05 bits per heavy atom. The Morgan fingerprint density at radius 1 is 1.24 bits per heavy atom. The SMILES string of the molecule is Cc1cnccc1CNC(=O)c1ccc2c(c1)OCCO2. The van der Waals surface area contributed by atoms with Crippen molar-refractivity contribution in [2.24, 2.45) is 0 Å². The van der Waals surface area contributed by atoms with Crippen LogP contribution in [0.15, 0.2) is 36.7 Å². The van der Waals surface area contributed by atoms with Crippen LogP contribution >= 0.6 is 0 Å². The third-order valence-corrected chi connectivity index (χ3v) is 3.38. The number of carbonyl (C=O) groups excluding carboxylic acids is 1. The van der Waals surface area contributed by atoms with Gasteiger partial charge in [-0.15, -0.1) is 0 Å². The number of hydrogen-bond donors (Lipinski definition) is 1. The Balaban J connectivity index is 1.69. The number of rotatable bonds is 3. The van der Waals surface area contributed by atoms with Crippen molar-refractivity contribution in [2.75, 3.05) is 13.2 Å². The van der Waals surface area contributed by atoms with Crippen LogP contribution in [0.3, 0.4) is 0 Å². The maximum atomic E-state index is 12.2. The zero-order valence-corrected chi connectivity index (χ0v) is 11.8. The summed E-state index contributed by atoms with van der Waals surface area (Å²) in [6, 6.07) is 7.12. The van der Waals surface area contributed by atoms with Crippen molar-refractivity contribution in [2.45, 2.75) is 13.5 Å². The average molecular weight is 284 g/mol. The molecule has 0 unspecified atom stereocenters. The van der Waals surface area contributed by atoms with Gasteiger partial charge in [0.1, 0.15) is 13.2 Å². The Bertz CT molecular complexity index is 670. The van der Waals surface area contributed by atoms with Gasteiger partial charge in [0.2, 0.25) is 0 Å². The highest BCUT2D eigenvalue weighted by Gasteiger charge is 2.14. The lowest BCUT2D eigenvalue weighted by Crippen LogP contribution is -2.23. The molecule has 1 aliphatic rings. The van der Waals surface area contributed by atoms with E-state index in [-0.39, 0.29) is 5.91 Å². The number of carbonyl (C=O) groups is 1. The molecule has 0 bridgehead atoms. The lowest BCUT2D eigenvalue weighted by molar-refractivity contribution is 0.0949. The second-order valence-corrected chi connectivity index (χ2v) is 4.84. The Kier molecular flexibility index (Phi) is 3.73. The summed E-state index contributed by atoms with van der Waals surface area (Å²) in [7, 11) is 0. The fraction of sp³-hybridized carbons (Fsp3) is 0.250. The van der Waals surface area contributed by atoms with Gasteiger partial charge in [0.05, 0.1) is 0 Å². The van der Waals surface area contributed by atoms with Crippen LogP contribution in [0.1, 0.15) is 21.5 Å². The number of nitrogens with one attached hydrogen (secondary N) is 1. The molecule has 1 N–H and O–H groups in total. The van der Waals surface area contributed by atoms with Crippen molar-refractivity contribution in [1.82, 2.24) is 10.3 Å². The summed E-state index contributed by atoms with van der Waals surface area (Å²) in [4.78, 5) is 16.2. The van der Waals surface area contributed by atoms with Crippen LogP contribution in [0.5, 0.6) is 11.5 Å². The van der Waals surface area contributed by atoms with E-state index in [0.717, 1.165) is 11.1 Å². The van der Waals surface area contributed by atoms with E-state index in [1.165, 1.54) is 0 Å². The molecule has 5 nitrogen and oxygen atoms in total. The lowest BCUT2D eigenvalue weighted by Gasteiger charge is -2.18. The van der Waals surface area contributed by atoms with Crippen molar-refractivity contribution in [3.8, 4) is 11.5 Å². The summed E-state index contributed by atoms with van der Waals surface area (Å²) in [5.74, 6) is 1.17. The second kappa shape index (κ2) is 5.83. The van der Waals surface area contributed by atoms with Crippen LogP contribution in [0.2, 0.25) is 0 Å². The maximum Gasteiger partial charge on any atom is 0.251 e. The van der Waals surface area contributed by atoms with Gasteiger partial charge in [-0.3, -0.25) is 9.78 Å². The number of pyridine rings is 1. The van der Waals surface area contributed by atoms with Crippen LogP contribution in [0.25, 0.3) is 0 Å². The summed E-state index contributed by atoms with van der Waals surface area (Å²) in [5, 5.41) is 2.90. The van der Waals surface area contributed by atoms with Crippen molar-refractivity contribution >= 4 is 5.91 Å². The van der Waals surface area contributed by atoms with Crippen LogP contribution in [0.4, 0.5) is 0 Å². The molecule has 1 aromatic heterocycles. The molecule has 21 heavy (non-hydrogen) atoms. The van der Waals surface area contributed by atoms with E-state index in [2.05, 4.69) is 10.3 Å². The molecule has 0 saturated carbocycles. The largest absolute Gasteiger partial charge is 0.486 e. The van der Waals surface area contributed by atoms with Gasteiger partial charge in [0, 0.05) is 24.5 Å². The number of benzene rings is 1. The van der Waals surface area contributed by atoms with E-state index in [4.69, 9.17) is 9.47 Å². The molecule has 1 aliphatic heterocycles. The first-order valence-corrected chi connectivity index (χ1v) is 6.81. The predicted molar refractivity (Wildman–Crippen MR) is 77.6 cm³/mol. The maximum absolute atomic E-state index is 12.2. The zero-order valence-electron chi connectivity index (χ0n) is 11.8. The molecule has 2 heterocycles. The van der Waals surface area contributed by atoms with E-state index in [0.29, 0.717) is 36.8 Å². The molecule has 2 aromatic rings. The highest BCUT2D eigenvalue weighted by atomic mass is 16.6. The van der Waals surface area contributed by atoms with Gasteiger partial charge in [-0.05, 0) is 42.3 Å². The van der Waals surface area contributed by atoms with Crippen molar-refractivity contribution in [3.63, 3.8) is 0 Å². The fourth-order valence-electron chi connectivity index (χ4n) is 2.16. The summed E-state index contributed by atoms with van der Waals surface area (Å²) in [5.41, 5.74) is 2.67. The number of aromatic nitrogens is 1. The van der Waals surface area contributed by atoms with Crippen molar-refractivity contribution < 1.29 is 14.3 Å². The molecule has 0 spiro atoms. The summed E-state index contributed by atoms with van der Waals surface area (Å²) in [6.07, 6.45) is 3.50. The Morgan fingerprint density at radius 3 is 2.86 bits per heavy atom. The first kappa shape index (κ1) is 13.4. The fourth-order valence-corrected chi connectivity index (χ4v) is 2.16. The smallest absolute Gasteiger partial charge is 0.251 e. The number of fused-ring (bicyclic) bond motifs is 1. The van der Waals surface area contributed by atoms with E-state index < -0.39 is 0 Å². The van der Waals surface area contributed by atoms with Gasteiger partial charge in [-0.25, -0.2) is 0 Å². The Labute approximate surface area is 122 Å². The minimum absolute atomic E-state index is 0.136. The normalized spacial score (nSPS) is 12.8. The highest BCUT2D eigenvalue weighted by Crippen LogP contribution is 2.30. The van der Waals surface area contributed by atoms with E-state index >= 15 is 0 Å². The van der Waals surface area contributed by atoms with Crippen LogP contribution in [-0.2, 0) is 6.54 Å². The zero-order chi connectivity index (χ0) is 14.7. The van der Waals surface area contributed by atoms with Gasteiger partial charge in [0.25, 0.3) is 5.91 Å². The Hall–Kier alpha value is -2.56. The quantitative estimate of drug-likeness (QED) is 0.937. The third kappa shape index (κ3) is 2.97. The minimum atomic E-state index is -0.136. The molecular weight excluding hydrogens is 268 g/mol. The molecule has 108 valence electrons. The van der Waals surface area contributed by atoms with Crippen molar-refractivity contribution in [1.29, 1.82) is 0 Å². The number of hydrogen-bond acceptors (Lipinski definition) is 4. The monoisotopic (exact) mass is 284 g/mol. The first-order chi connectivity index (χ1) is 10.2. The van der Waals surface area contributed by atoms with Crippen molar-refractivity contribution in [3.05, 3.63) is 53.3 Å². The summed E-state index contributed by atoms with van der Waals surface area (Å²) < 4.78 is 10.9. The standard InChI is InChI=1S/C16H16N2O3/c1-11-9-17-5-4-13(11)10-18-16(19)12-2-3-14-15(8-12)21-7-6-20-14/h2-5,8-9H,6-7,10H2,1H3,(H,18,19). The number of amides is 1. The van der Waals surface area contributed by atoms with E-state index in [9.17, 15) is 4.79 Å². The molecular formula is C16H16N2O3. The molecule has 0 saturated heterocycles. The predicted octanol–water partition coefficient (Wildman–Crippen LogP) is 2.09. The van der Waals surface area contributed by atoms with Gasteiger partial charge < -0.3 is 14.8 Å². The van der Waals surface area contributed by atoms with Crippen LogP contribution < -0.4 is 14.8 Å². The number of aryl methyl sites for hydroxylation is 1. The first-order valence-electron chi connectivity index (χ1n) is 6.81. The molecule has 1 aromatic carbocycles. The second-order valence-electron chi connectivity index (χ2n) is 4.84. The third-order valence-electron chi connectivity index (χ3n) is 3.38. The molecule has 0 atom stereocenters. The van der Waals surface area contributed by atoms with Gasteiger partial charge >= 0.3 is 0 Å². The minimum Gasteiger partial charge on any atom is -0.486 e. The summed E-state index contributed by atoms with van der Waals surface area (Å²) >= 11 is 0.